The molecule has 0 radical (unpaired) electrons. The molecule has 2 fully saturated rings. The molecular formula is C14H29N3. The third kappa shape index (κ3) is 3.67. The number of rotatable bonds is 3. The van der Waals surface area contributed by atoms with Gasteiger partial charge in [-0.05, 0) is 31.7 Å². The van der Waals surface area contributed by atoms with Crippen LogP contribution in [0.1, 0.15) is 32.6 Å². The highest BCUT2D eigenvalue weighted by Crippen LogP contribution is 2.29. The molecule has 1 unspecified atom stereocenters. The summed E-state index contributed by atoms with van der Waals surface area (Å²) in [5.74, 6) is 1.90. The average molecular weight is 239 g/mol. The molecule has 1 aliphatic heterocycles. The molecular weight excluding hydrogens is 210 g/mol. The Morgan fingerprint density at radius 3 is 2.47 bits per heavy atom. The largest absolute Gasteiger partial charge is 0.329 e. The van der Waals surface area contributed by atoms with Gasteiger partial charge in [0.2, 0.25) is 0 Å². The van der Waals surface area contributed by atoms with E-state index in [2.05, 4.69) is 23.8 Å². The fraction of sp³-hybridized carbons (Fsp3) is 1.00. The van der Waals surface area contributed by atoms with E-state index in [9.17, 15) is 0 Å². The van der Waals surface area contributed by atoms with E-state index in [0.29, 0.717) is 6.04 Å². The van der Waals surface area contributed by atoms with Crippen molar-refractivity contribution in [1.82, 2.24) is 9.80 Å². The SMILES string of the molecule is CC1CCC(CN2CCN(C)CC2CN)CC1. The fourth-order valence-electron chi connectivity index (χ4n) is 3.36. The summed E-state index contributed by atoms with van der Waals surface area (Å²) in [5.41, 5.74) is 5.91. The van der Waals surface area contributed by atoms with Crippen molar-refractivity contribution in [2.24, 2.45) is 17.6 Å². The Bertz CT molecular complexity index is 224. The highest BCUT2D eigenvalue weighted by atomic mass is 15.3. The van der Waals surface area contributed by atoms with Crippen molar-refractivity contribution in [3.05, 3.63) is 0 Å². The Morgan fingerprint density at radius 2 is 1.82 bits per heavy atom. The molecule has 0 aromatic carbocycles. The number of hydrogen-bond acceptors (Lipinski definition) is 3. The van der Waals surface area contributed by atoms with E-state index in [1.165, 1.54) is 45.3 Å². The van der Waals surface area contributed by atoms with Gasteiger partial charge in [-0.2, -0.15) is 0 Å². The summed E-state index contributed by atoms with van der Waals surface area (Å²) in [4.78, 5) is 5.07. The summed E-state index contributed by atoms with van der Waals surface area (Å²) in [6, 6.07) is 0.591. The van der Waals surface area contributed by atoms with Crippen molar-refractivity contribution in [3.8, 4) is 0 Å². The third-order valence-electron chi connectivity index (χ3n) is 4.71. The minimum absolute atomic E-state index is 0.591. The quantitative estimate of drug-likeness (QED) is 0.808. The van der Waals surface area contributed by atoms with Gasteiger partial charge in [0.05, 0.1) is 0 Å². The molecule has 1 saturated heterocycles. The highest BCUT2D eigenvalue weighted by molar-refractivity contribution is 4.84. The molecule has 2 aliphatic rings. The van der Waals surface area contributed by atoms with Crippen LogP contribution in [-0.2, 0) is 0 Å². The molecule has 100 valence electrons. The van der Waals surface area contributed by atoms with Gasteiger partial charge < -0.3 is 10.6 Å². The van der Waals surface area contributed by atoms with Crippen LogP contribution < -0.4 is 5.73 Å². The Kier molecular flexibility index (Phi) is 4.83. The Balaban J connectivity index is 1.80. The average Bonchev–Trinajstić information content (AvgIpc) is 2.34. The van der Waals surface area contributed by atoms with Crippen LogP contribution in [0.15, 0.2) is 0 Å². The zero-order valence-corrected chi connectivity index (χ0v) is 11.6. The summed E-state index contributed by atoms with van der Waals surface area (Å²) in [5, 5.41) is 0. The van der Waals surface area contributed by atoms with E-state index in [-0.39, 0.29) is 0 Å². The molecule has 0 amide bonds. The number of hydrogen-bond donors (Lipinski definition) is 1. The standard InChI is InChI=1S/C14H29N3/c1-12-3-5-13(6-4-12)10-17-8-7-16(2)11-14(17)9-15/h12-14H,3-11,15H2,1-2H3. The van der Waals surface area contributed by atoms with Crippen molar-refractivity contribution >= 4 is 0 Å². The van der Waals surface area contributed by atoms with Crippen molar-refractivity contribution in [1.29, 1.82) is 0 Å². The Morgan fingerprint density at radius 1 is 1.12 bits per heavy atom. The van der Waals surface area contributed by atoms with Crippen LogP contribution in [0.3, 0.4) is 0 Å². The molecule has 0 bridgehead atoms. The van der Waals surface area contributed by atoms with Crippen molar-refractivity contribution in [3.63, 3.8) is 0 Å². The van der Waals surface area contributed by atoms with E-state index < -0.39 is 0 Å². The lowest BCUT2D eigenvalue weighted by molar-refractivity contribution is 0.0699. The number of piperazine rings is 1. The molecule has 2 rings (SSSR count). The second-order valence-corrected chi connectivity index (χ2v) is 6.27. The van der Waals surface area contributed by atoms with E-state index in [0.717, 1.165) is 24.9 Å². The smallest absolute Gasteiger partial charge is 0.0346 e. The number of nitrogens with two attached hydrogens (primary N) is 1. The van der Waals surface area contributed by atoms with Gasteiger partial charge in [0.1, 0.15) is 0 Å². The van der Waals surface area contributed by atoms with Crippen molar-refractivity contribution in [2.45, 2.75) is 38.6 Å². The second-order valence-electron chi connectivity index (χ2n) is 6.27. The monoisotopic (exact) mass is 239 g/mol. The predicted molar refractivity (Wildman–Crippen MR) is 73.0 cm³/mol. The van der Waals surface area contributed by atoms with E-state index >= 15 is 0 Å². The summed E-state index contributed by atoms with van der Waals surface area (Å²) in [7, 11) is 2.21. The minimum atomic E-state index is 0.591. The van der Waals surface area contributed by atoms with E-state index in [4.69, 9.17) is 5.73 Å². The first-order valence-electron chi connectivity index (χ1n) is 7.31. The summed E-state index contributed by atoms with van der Waals surface area (Å²) >= 11 is 0. The van der Waals surface area contributed by atoms with Gasteiger partial charge in [0.15, 0.2) is 0 Å². The van der Waals surface area contributed by atoms with Crippen LogP contribution >= 0.6 is 0 Å². The van der Waals surface area contributed by atoms with Gasteiger partial charge in [-0.25, -0.2) is 0 Å². The molecule has 0 aromatic rings. The molecule has 3 heteroatoms. The fourth-order valence-corrected chi connectivity index (χ4v) is 3.36. The third-order valence-corrected chi connectivity index (χ3v) is 4.71. The Labute approximate surface area is 106 Å². The van der Waals surface area contributed by atoms with Crippen LogP contribution in [0.2, 0.25) is 0 Å². The normalized spacial score (nSPS) is 37.2. The molecule has 0 spiro atoms. The predicted octanol–water partition coefficient (Wildman–Crippen LogP) is 1.39. The molecule has 1 aliphatic carbocycles. The Hall–Kier alpha value is -0.120. The van der Waals surface area contributed by atoms with Gasteiger partial charge >= 0.3 is 0 Å². The highest BCUT2D eigenvalue weighted by Gasteiger charge is 2.27. The maximum Gasteiger partial charge on any atom is 0.0346 e. The van der Waals surface area contributed by atoms with Crippen LogP contribution in [-0.4, -0.2) is 55.6 Å². The van der Waals surface area contributed by atoms with Gasteiger partial charge in [-0.1, -0.05) is 19.8 Å². The van der Waals surface area contributed by atoms with Crippen molar-refractivity contribution in [2.75, 3.05) is 39.8 Å². The lowest BCUT2D eigenvalue weighted by Crippen LogP contribution is -2.55. The summed E-state index contributed by atoms with van der Waals surface area (Å²) in [6.07, 6.45) is 5.74. The lowest BCUT2D eigenvalue weighted by Gasteiger charge is -2.42. The van der Waals surface area contributed by atoms with Crippen LogP contribution in [0.4, 0.5) is 0 Å². The first-order chi connectivity index (χ1) is 8.19. The second kappa shape index (κ2) is 6.17. The number of nitrogens with zero attached hydrogens (tertiary/aromatic N) is 2. The molecule has 1 saturated carbocycles. The van der Waals surface area contributed by atoms with Gasteiger partial charge in [0.25, 0.3) is 0 Å². The summed E-state index contributed by atoms with van der Waals surface area (Å²) in [6.45, 7) is 8.08. The molecule has 1 heterocycles. The molecule has 2 N–H and O–H groups in total. The lowest BCUT2D eigenvalue weighted by atomic mass is 9.82. The first kappa shape index (κ1) is 13.3. The zero-order valence-electron chi connectivity index (χ0n) is 11.6. The maximum atomic E-state index is 5.91. The van der Waals surface area contributed by atoms with Gasteiger partial charge in [-0.3, -0.25) is 4.90 Å². The van der Waals surface area contributed by atoms with Gasteiger partial charge in [0, 0.05) is 38.8 Å². The number of likely N-dealkylation sites (N-methyl/N-ethyl adjacent to an activating group) is 1. The molecule has 17 heavy (non-hydrogen) atoms. The zero-order chi connectivity index (χ0) is 12.3. The molecule has 1 atom stereocenters. The van der Waals surface area contributed by atoms with Crippen LogP contribution in [0.5, 0.6) is 0 Å². The first-order valence-corrected chi connectivity index (χ1v) is 7.31. The van der Waals surface area contributed by atoms with Crippen LogP contribution in [0, 0.1) is 11.8 Å². The summed E-state index contributed by atoms with van der Waals surface area (Å²) < 4.78 is 0. The van der Waals surface area contributed by atoms with Crippen LogP contribution in [0.25, 0.3) is 0 Å². The topological polar surface area (TPSA) is 32.5 Å². The minimum Gasteiger partial charge on any atom is -0.329 e. The maximum absolute atomic E-state index is 5.91. The molecule has 0 aromatic heterocycles. The van der Waals surface area contributed by atoms with E-state index in [1.54, 1.807) is 0 Å². The molecule has 3 nitrogen and oxygen atoms in total. The van der Waals surface area contributed by atoms with Gasteiger partial charge in [-0.15, -0.1) is 0 Å². The van der Waals surface area contributed by atoms with E-state index in [1.807, 2.05) is 0 Å². The van der Waals surface area contributed by atoms with Crippen molar-refractivity contribution < 1.29 is 0 Å².